The van der Waals surface area contributed by atoms with Gasteiger partial charge in [0, 0.05) is 35.3 Å². The van der Waals surface area contributed by atoms with Crippen LogP contribution in [0.25, 0.3) is 0 Å². The van der Waals surface area contributed by atoms with Crippen molar-refractivity contribution < 1.29 is 0 Å². The summed E-state index contributed by atoms with van der Waals surface area (Å²) in [6.45, 7) is 4.91. The summed E-state index contributed by atoms with van der Waals surface area (Å²) in [5.41, 5.74) is 7.93. The minimum atomic E-state index is 0.0850. The molecule has 0 saturated heterocycles. The van der Waals surface area contributed by atoms with Crippen LogP contribution in [0.1, 0.15) is 29.2 Å². The van der Waals surface area contributed by atoms with Crippen LogP contribution < -0.4 is 11.1 Å². The first-order valence-electron chi connectivity index (χ1n) is 6.15. The predicted molar refractivity (Wildman–Crippen MR) is 80.6 cm³/mol. The van der Waals surface area contributed by atoms with Gasteiger partial charge in [-0.3, -0.25) is 0 Å². The summed E-state index contributed by atoms with van der Waals surface area (Å²) in [4.78, 5) is 8.61. The summed E-state index contributed by atoms with van der Waals surface area (Å²) >= 11 is 7.67. The molecule has 2 heterocycles. The Hall–Kier alpha value is -1.17. The van der Waals surface area contributed by atoms with Crippen molar-refractivity contribution in [2.45, 2.75) is 26.3 Å². The lowest BCUT2D eigenvalue weighted by Gasteiger charge is -2.18. The van der Waals surface area contributed by atoms with Crippen molar-refractivity contribution in [1.82, 2.24) is 15.3 Å². The lowest BCUT2D eigenvalue weighted by molar-refractivity contribution is 0.548. The molecular weight excluding hydrogens is 280 g/mol. The molecule has 0 aliphatic rings. The first-order valence-corrected chi connectivity index (χ1v) is 7.41. The molecule has 1 unspecified atom stereocenters. The minimum absolute atomic E-state index is 0.0850. The molecule has 0 aromatic carbocycles. The highest BCUT2D eigenvalue weighted by molar-refractivity contribution is 7.09. The molecule has 2 aromatic heterocycles. The van der Waals surface area contributed by atoms with Crippen LogP contribution in [0, 0.1) is 6.92 Å². The van der Waals surface area contributed by atoms with Gasteiger partial charge in [-0.1, -0.05) is 18.5 Å². The topological polar surface area (TPSA) is 63.8 Å². The number of halogens is 1. The van der Waals surface area contributed by atoms with E-state index in [1.54, 1.807) is 17.5 Å². The molecular formula is C13H17ClN4S. The molecule has 1 atom stereocenters. The van der Waals surface area contributed by atoms with Gasteiger partial charge in [-0.2, -0.15) is 0 Å². The molecule has 0 bridgehead atoms. The molecule has 19 heavy (non-hydrogen) atoms. The molecule has 0 fully saturated rings. The van der Waals surface area contributed by atoms with Crippen molar-refractivity contribution in [2.24, 2.45) is 0 Å². The molecule has 4 nitrogen and oxygen atoms in total. The van der Waals surface area contributed by atoms with Crippen molar-refractivity contribution in [3.63, 3.8) is 0 Å². The first kappa shape index (κ1) is 14.2. The van der Waals surface area contributed by atoms with E-state index < -0.39 is 0 Å². The number of thiazole rings is 1. The molecule has 0 aliphatic carbocycles. The number of rotatable bonds is 5. The standard InChI is InChI=1S/C13H17ClN4S/c1-3-16-11(5-12-18-8(2)7-19-12)10-4-9(14)6-17-13(10)15/h4,6-7,11,16H,3,5H2,1-2H3,(H2,15,17). The fourth-order valence-electron chi connectivity index (χ4n) is 1.95. The van der Waals surface area contributed by atoms with E-state index in [9.17, 15) is 0 Å². The number of aryl methyl sites for hydroxylation is 1. The lowest BCUT2D eigenvalue weighted by Crippen LogP contribution is -2.24. The largest absolute Gasteiger partial charge is 0.383 e. The van der Waals surface area contributed by atoms with E-state index in [0.717, 1.165) is 29.2 Å². The summed E-state index contributed by atoms with van der Waals surface area (Å²) in [5.74, 6) is 0.517. The summed E-state index contributed by atoms with van der Waals surface area (Å²) in [7, 11) is 0. The molecule has 2 aromatic rings. The monoisotopic (exact) mass is 296 g/mol. The molecule has 0 radical (unpaired) electrons. The van der Waals surface area contributed by atoms with Crippen LogP contribution in [-0.4, -0.2) is 16.5 Å². The van der Waals surface area contributed by atoms with Gasteiger partial charge in [-0.05, 0) is 19.5 Å². The second-order valence-corrected chi connectivity index (χ2v) is 5.70. The van der Waals surface area contributed by atoms with Crippen LogP contribution in [0.5, 0.6) is 0 Å². The fourth-order valence-corrected chi connectivity index (χ4v) is 2.94. The number of likely N-dealkylation sites (N-methyl/N-ethyl adjacent to an activating group) is 1. The van der Waals surface area contributed by atoms with E-state index >= 15 is 0 Å². The third-order valence-electron chi connectivity index (χ3n) is 2.79. The zero-order valence-electron chi connectivity index (χ0n) is 11.0. The zero-order valence-corrected chi connectivity index (χ0v) is 12.6. The minimum Gasteiger partial charge on any atom is -0.383 e. The van der Waals surface area contributed by atoms with E-state index in [2.05, 4.69) is 27.6 Å². The Morgan fingerprint density at radius 1 is 1.53 bits per heavy atom. The van der Waals surface area contributed by atoms with E-state index in [-0.39, 0.29) is 6.04 Å². The number of nitrogens with two attached hydrogens (primary N) is 1. The smallest absolute Gasteiger partial charge is 0.128 e. The molecule has 6 heteroatoms. The highest BCUT2D eigenvalue weighted by Gasteiger charge is 2.17. The normalized spacial score (nSPS) is 12.6. The van der Waals surface area contributed by atoms with Crippen LogP contribution in [0.3, 0.4) is 0 Å². The van der Waals surface area contributed by atoms with Crippen molar-refractivity contribution in [2.75, 3.05) is 12.3 Å². The van der Waals surface area contributed by atoms with E-state index in [1.165, 1.54) is 0 Å². The second kappa shape index (κ2) is 6.32. The van der Waals surface area contributed by atoms with Crippen molar-refractivity contribution in [3.8, 4) is 0 Å². The predicted octanol–water partition coefficient (Wildman–Crippen LogP) is 2.98. The summed E-state index contributed by atoms with van der Waals surface area (Å²) < 4.78 is 0. The summed E-state index contributed by atoms with van der Waals surface area (Å²) in [5, 5.41) is 7.15. The van der Waals surface area contributed by atoms with E-state index in [4.69, 9.17) is 17.3 Å². The highest BCUT2D eigenvalue weighted by atomic mass is 35.5. The Morgan fingerprint density at radius 3 is 2.95 bits per heavy atom. The number of nitrogen functional groups attached to an aromatic ring is 1. The van der Waals surface area contributed by atoms with Gasteiger partial charge < -0.3 is 11.1 Å². The van der Waals surface area contributed by atoms with Gasteiger partial charge in [0.25, 0.3) is 0 Å². The third kappa shape index (κ3) is 3.65. The van der Waals surface area contributed by atoms with E-state index in [0.29, 0.717) is 10.8 Å². The van der Waals surface area contributed by atoms with Gasteiger partial charge in [0.1, 0.15) is 5.82 Å². The lowest BCUT2D eigenvalue weighted by atomic mass is 10.0. The van der Waals surface area contributed by atoms with Gasteiger partial charge in [0.15, 0.2) is 0 Å². The van der Waals surface area contributed by atoms with Crippen molar-refractivity contribution >= 4 is 28.8 Å². The number of anilines is 1. The van der Waals surface area contributed by atoms with Gasteiger partial charge in [0.2, 0.25) is 0 Å². The highest BCUT2D eigenvalue weighted by Crippen LogP contribution is 2.26. The Labute approximate surface area is 122 Å². The summed E-state index contributed by atoms with van der Waals surface area (Å²) in [6.07, 6.45) is 2.36. The first-order chi connectivity index (χ1) is 9.10. The molecule has 0 amide bonds. The molecule has 2 rings (SSSR count). The molecule has 0 aliphatic heterocycles. The van der Waals surface area contributed by atoms with Crippen LogP contribution >= 0.6 is 22.9 Å². The summed E-state index contributed by atoms with van der Waals surface area (Å²) in [6, 6.07) is 1.96. The number of pyridine rings is 1. The number of hydrogen-bond donors (Lipinski definition) is 2. The number of nitrogens with one attached hydrogen (secondary N) is 1. The Balaban J connectivity index is 2.26. The molecule has 0 saturated carbocycles. The molecule has 3 N–H and O–H groups in total. The Morgan fingerprint density at radius 2 is 2.32 bits per heavy atom. The zero-order chi connectivity index (χ0) is 13.8. The number of aromatic nitrogens is 2. The number of nitrogens with zero attached hydrogens (tertiary/aromatic N) is 2. The average Bonchev–Trinajstić information content (AvgIpc) is 2.77. The van der Waals surface area contributed by atoms with Crippen molar-refractivity contribution in [1.29, 1.82) is 0 Å². The second-order valence-electron chi connectivity index (χ2n) is 4.33. The van der Waals surface area contributed by atoms with Crippen LogP contribution in [-0.2, 0) is 6.42 Å². The van der Waals surface area contributed by atoms with Gasteiger partial charge in [0.05, 0.1) is 10.0 Å². The van der Waals surface area contributed by atoms with Crippen molar-refractivity contribution in [3.05, 3.63) is 38.9 Å². The Kier molecular flexibility index (Phi) is 4.74. The van der Waals surface area contributed by atoms with Crippen LogP contribution in [0.15, 0.2) is 17.6 Å². The van der Waals surface area contributed by atoms with Gasteiger partial charge >= 0.3 is 0 Å². The SMILES string of the molecule is CCNC(Cc1nc(C)cs1)c1cc(Cl)cnc1N. The number of hydrogen-bond acceptors (Lipinski definition) is 5. The Bertz CT molecular complexity index is 555. The molecule has 0 spiro atoms. The quantitative estimate of drug-likeness (QED) is 0.890. The average molecular weight is 297 g/mol. The van der Waals surface area contributed by atoms with Gasteiger partial charge in [-0.15, -0.1) is 11.3 Å². The van der Waals surface area contributed by atoms with E-state index in [1.807, 2.05) is 13.0 Å². The fraction of sp³-hybridized carbons (Fsp3) is 0.385. The third-order valence-corrected chi connectivity index (χ3v) is 3.98. The van der Waals surface area contributed by atoms with Crippen LogP contribution in [0.2, 0.25) is 5.02 Å². The maximum absolute atomic E-state index is 6.01. The van der Waals surface area contributed by atoms with Gasteiger partial charge in [-0.25, -0.2) is 9.97 Å². The molecule has 102 valence electrons. The maximum atomic E-state index is 6.01. The van der Waals surface area contributed by atoms with Crippen LogP contribution in [0.4, 0.5) is 5.82 Å². The maximum Gasteiger partial charge on any atom is 0.128 e.